The summed E-state index contributed by atoms with van der Waals surface area (Å²) in [7, 11) is 0. The average molecular weight is 361 g/mol. The maximum Gasteiger partial charge on any atom is 0.342 e. The molecule has 2 unspecified atom stereocenters. The van der Waals surface area contributed by atoms with Crippen molar-refractivity contribution in [2.75, 3.05) is 0 Å². The molecule has 8 N–H and O–H groups in total. The number of nitrogens with one attached hydrogen (secondary N) is 1. The van der Waals surface area contributed by atoms with Gasteiger partial charge >= 0.3 is 5.91 Å². The molecule has 1 aromatic rings. The van der Waals surface area contributed by atoms with Gasteiger partial charge in [0.2, 0.25) is 0 Å². The number of rotatable bonds is 6. The molecule has 1 aromatic carbocycles. The van der Waals surface area contributed by atoms with E-state index in [4.69, 9.17) is 0 Å². The summed E-state index contributed by atoms with van der Waals surface area (Å²) in [5.41, 5.74) is 10.5. The number of hydrogen-bond acceptors (Lipinski definition) is 3. The molecule has 142 valence electrons. The van der Waals surface area contributed by atoms with Crippen molar-refractivity contribution in [1.82, 2.24) is 0 Å². The van der Waals surface area contributed by atoms with E-state index in [2.05, 4.69) is 11.5 Å². The van der Waals surface area contributed by atoms with Gasteiger partial charge in [-0.1, -0.05) is 12.1 Å². The van der Waals surface area contributed by atoms with Crippen LogP contribution in [0.25, 0.3) is 5.57 Å². The van der Waals surface area contributed by atoms with E-state index < -0.39 is 11.3 Å². The molecule has 0 aliphatic carbocycles. The van der Waals surface area contributed by atoms with Crippen LogP contribution in [0.5, 0.6) is 0 Å². The zero-order chi connectivity index (χ0) is 19.7. The second kappa shape index (κ2) is 7.42. The van der Waals surface area contributed by atoms with Gasteiger partial charge in [0.05, 0.1) is 0 Å². The fourth-order valence-electron chi connectivity index (χ4n) is 3.24. The lowest BCUT2D eigenvalue weighted by Gasteiger charge is -2.33. The second-order valence-corrected chi connectivity index (χ2v) is 8.13. The standard InChI is InChI=1S/C20H28N3O3/c1-13-10-17(25)23(19(2,3)8-9-20(4,22)26)11-16(13)15-7-5-6-14(12-24)18(15)21/h5-7,10-11,26H,8-9,12,21-22H2,1-4H3/q-1/p+3. The van der Waals surface area contributed by atoms with Gasteiger partial charge < -0.3 is 21.7 Å². The molecule has 1 amide bonds. The van der Waals surface area contributed by atoms with E-state index in [0.29, 0.717) is 29.0 Å². The lowest BCUT2D eigenvalue weighted by atomic mass is 9.89. The van der Waals surface area contributed by atoms with Gasteiger partial charge in [-0.3, -0.25) is 0 Å². The molecule has 0 aromatic heterocycles. The summed E-state index contributed by atoms with van der Waals surface area (Å²) in [5.74, 6) is -0.00875. The molecule has 0 fully saturated rings. The Morgan fingerprint density at radius 2 is 1.88 bits per heavy atom. The Morgan fingerprint density at radius 3 is 2.46 bits per heavy atom. The number of aliphatic hydroxyl groups is 1. The predicted octanol–water partition coefficient (Wildman–Crippen LogP) is -1.36. The van der Waals surface area contributed by atoms with E-state index in [1.54, 1.807) is 19.1 Å². The Balaban J connectivity index is 2.43. The summed E-state index contributed by atoms with van der Waals surface area (Å²) in [6.45, 7) is 7.27. The fourth-order valence-corrected chi connectivity index (χ4v) is 3.24. The minimum absolute atomic E-state index is 0.00875. The number of quaternary nitrogens is 3. The zero-order valence-electron chi connectivity index (χ0n) is 16.2. The van der Waals surface area contributed by atoms with Gasteiger partial charge in [0.25, 0.3) is 0 Å². The monoisotopic (exact) mass is 361 g/mol. The third kappa shape index (κ3) is 4.47. The minimum atomic E-state index is -1.02. The van der Waals surface area contributed by atoms with Crippen LogP contribution in [-0.4, -0.2) is 22.3 Å². The van der Waals surface area contributed by atoms with E-state index in [-0.39, 0.29) is 12.5 Å². The molecule has 6 nitrogen and oxygen atoms in total. The summed E-state index contributed by atoms with van der Waals surface area (Å²) in [5, 5.41) is 21.3. The molecule has 2 rings (SSSR count). The van der Waals surface area contributed by atoms with Crippen LogP contribution in [0, 0.1) is 0 Å². The second-order valence-electron chi connectivity index (χ2n) is 8.13. The van der Waals surface area contributed by atoms with Gasteiger partial charge in [-0.25, -0.2) is 9.69 Å². The van der Waals surface area contributed by atoms with E-state index in [1.165, 1.54) is 0 Å². The smallest absolute Gasteiger partial charge is 0.342 e. The van der Waals surface area contributed by atoms with Crippen LogP contribution in [0.1, 0.15) is 51.7 Å². The molecular weight excluding hydrogens is 330 g/mol. The summed E-state index contributed by atoms with van der Waals surface area (Å²) >= 11 is 0. The molecule has 0 radical (unpaired) electrons. The van der Waals surface area contributed by atoms with Gasteiger partial charge in [0.1, 0.15) is 17.4 Å². The normalized spacial score (nSPS) is 20.5. The highest BCUT2D eigenvalue weighted by Gasteiger charge is 2.39. The summed E-state index contributed by atoms with van der Waals surface area (Å²) in [6, 6.07) is 5.58. The van der Waals surface area contributed by atoms with Crippen molar-refractivity contribution in [3.63, 3.8) is 0 Å². The first-order valence-corrected chi connectivity index (χ1v) is 8.88. The van der Waals surface area contributed by atoms with Crippen molar-refractivity contribution in [2.24, 2.45) is 0 Å². The minimum Gasteiger partial charge on any atom is -0.851 e. The molecule has 0 saturated heterocycles. The molecule has 0 saturated carbocycles. The van der Waals surface area contributed by atoms with Gasteiger partial charge in [-0.2, -0.15) is 0 Å². The van der Waals surface area contributed by atoms with Crippen LogP contribution in [-0.2, 0) is 11.4 Å². The maximum atomic E-state index is 12.7. The molecular formula is C20H31N3O3+2. The highest BCUT2D eigenvalue weighted by molar-refractivity contribution is 5.93. The Hall–Kier alpha value is -1.83. The SMILES string of the molecule is CC1=CC(=O)[NH+](C(C)(C)CCC(C)([NH3+])O)C=C1c1cccc(C[O-])c1[NH3+]. The molecule has 0 bridgehead atoms. The van der Waals surface area contributed by atoms with Crippen LogP contribution in [0.3, 0.4) is 0 Å². The average Bonchev–Trinajstić information content (AvgIpc) is 2.53. The molecule has 6 heteroatoms. The number of carbonyl (C=O) groups excluding carboxylic acids is 1. The lowest BCUT2D eigenvalue weighted by Crippen LogP contribution is -3.18. The Kier molecular flexibility index (Phi) is 5.85. The summed E-state index contributed by atoms with van der Waals surface area (Å²) in [6.07, 6.45) is 4.71. The Bertz CT molecular complexity index is 758. The number of amides is 1. The molecule has 1 heterocycles. The van der Waals surface area contributed by atoms with E-state index in [0.717, 1.165) is 16.7 Å². The number of hydrogen-bond donors (Lipinski definition) is 4. The zero-order valence-corrected chi connectivity index (χ0v) is 16.2. The first-order valence-electron chi connectivity index (χ1n) is 8.88. The lowest BCUT2D eigenvalue weighted by molar-refractivity contribution is -0.820. The maximum absolute atomic E-state index is 12.7. The van der Waals surface area contributed by atoms with Crippen molar-refractivity contribution < 1.29 is 31.4 Å². The highest BCUT2D eigenvalue weighted by Crippen LogP contribution is 2.29. The first-order chi connectivity index (χ1) is 12.0. The van der Waals surface area contributed by atoms with Gasteiger partial charge in [-0.15, -0.1) is 6.61 Å². The third-order valence-electron chi connectivity index (χ3n) is 5.06. The summed E-state index contributed by atoms with van der Waals surface area (Å²) in [4.78, 5) is 13.4. The van der Waals surface area contributed by atoms with E-state index in [9.17, 15) is 15.0 Å². The molecule has 26 heavy (non-hydrogen) atoms. The molecule has 0 spiro atoms. The van der Waals surface area contributed by atoms with Crippen molar-refractivity contribution in [1.29, 1.82) is 0 Å². The van der Waals surface area contributed by atoms with Crippen molar-refractivity contribution >= 4 is 17.2 Å². The Labute approximate surface area is 154 Å². The van der Waals surface area contributed by atoms with Crippen molar-refractivity contribution in [2.45, 2.75) is 58.4 Å². The molecule has 2 atom stereocenters. The molecule has 1 aliphatic rings. The quantitative estimate of drug-likeness (QED) is 0.469. The van der Waals surface area contributed by atoms with Gasteiger partial charge in [0, 0.05) is 37.0 Å². The predicted molar refractivity (Wildman–Crippen MR) is 97.2 cm³/mol. The van der Waals surface area contributed by atoms with Crippen LogP contribution < -0.4 is 21.5 Å². The van der Waals surface area contributed by atoms with Crippen molar-refractivity contribution in [3.8, 4) is 0 Å². The Morgan fingerprint density at radius 1 is 1.23 bits per heavy atom. The van der Waals surface area contributed by atoms with E-state index >= 15 is 0 Å². The molecule has 1 aliphatic heterocycles. The number of allylic oxidation sites excluding steroid dienone is 2. The fraction of sp³-hybridized carbons (Fsp3) is 0.450. The summed E-state index contributed by atoms with van der Waals surface area (Å²) < 4.78 is 0. The highest BCUT2D eigenvalue weighted by atomic mass is 16.3. The van der Waals surface area contributed by atoms with E-state index in [1.807, 2.05) is 39.1 Å². The van der Waals surface area contributed by atoms with Crippen LogP contribution >= 0.6 is 0 Å². The number of benzene rings is 1. The van der Waals surface area contributed by atoms with Crippen LogP contribution in [0.2, 0.25) is 0 Å². The largest absolute Gasteiger partial charge is 0.851 e. The van der Waals surface area contributed by atoms with Crippen LogP contribution in [0.15, 0.2) is 36.0 Å². The van der Waals surface area contributed by atoms with Gasteiger partial charge in [0.15, 0.2) is 5.72 Å². The number of carbonyl (C=O) groups is 1. The first kappa shape index (κ1) is 20.5. The van der Waals surface area contributed by atoms with Crippen molar-refractivity contribution in [3.05, 3.63) is 47.2 Å². The van der Waals surface area contributed by atoms with Gasteiger partial charge in [-0.05, 0) is 38.0 Å². The third-order valence-corrected chi connectivity index (χ3v) is 5.06. The van der Waals surface area contributed by atoms with Crippen LogP contribution in [0.4, 0.5) is 5.69 Å². The topological polar surface area (TPSA) is 120 Å².